The third-order valence-corrected chi connectivity index (χ3v) is 5.72. The summed E-state index contributed by atoms with van der Waals surface area (Å²) in [6.07, 6.45) is 5.22. The lowest BCUT2D eigenvalue weighted by atomic mass is 10.0. The molecule has 2 fully saturated rings. The van der Waals surface area contributed by atoms with Gasteiger partial charge in [-0.25, -0.2) is 0 Å². The van der Waals surface area contributed by atoms with E-state index in [4.69, 9.17) is 5.73 Å². The number of fused-ring (bicyclic) bond motifs is 2. The lowest BCUT2D eigenvalue weighted by molar-refractivity contribution is 0.1000. The van der Waals surface area contributed by atoms with E-state index in [0.717, 1.165) is 12.1 Å². The second-order valence-corrected chi connectivity index (χ2v) is 7.03. The molecule has 2 aliphatic heterocycles. The summed E-state index contributed by atoms with van der Waals surface area (Å²) in [5.74, 6) is -0.342. The number of benzene rings is 1. The van der Waals surface area contributed by atoms with Crippen molar-refractivity contribution in [2.24, 2.45) is 5.73 Å². The molecular weight excluding hydrogens is 256 g/mol. The van der Waals surface area contributed by atoms with Crippen molar-refractivity contribution in [1.29, 1.82) is 0 Å². The van der Waals surface area contributed by atoms with E-state index in [2.05, 4.69) is 18.0 Å². The van der Waals surface area contributed by atoms with Gasteiger partial charge in [-0.3, -0.25) is 4.79 Å². The average molecular weight is 276 g/mol. The van der Waals surface area contributed by atoms with E-state index in [1.807, 2.05) is 23.9 Å². The van der Waals surface area contributed by atoms with Crippen LogP contribution >= 0.6 is 11.8 Å². The molecule has 102 valence electrons. The minimum Gasteiger partial charge on any atom is -0.366 e. The molecule has 19 heavy (non-hydrogen) atoms. The van der Waals surface area contributed by atoms with Gasteiger partial charge in [-0.05, 0) is 50.9 Å². The summed E-state index contributed by atoms with van der Waals surface area (Å²) in [6.45, 7) is 0. The molecule has 4 heteroatoms. The number of hydrogen-bond acceptors (Lipinski definition) is 3. The maximum absolute atomic E-state index is 11.2. The van der Waals surface area contributed by atoms with Gasteiger partial charge in [-0.1, -0.05) is 6.07 Å². The highest BCUT2D eigenvalue weighted by molar-refractivity contribution is 8.00. The van der Waals surface area contributed by atoms with Crippen LogP contribution in [0.2, 0.25) is 0 Å². The summed E-state index contributed by atoms with van der Waals surface area (Å²) in [7, 11) is 2.26. The van der Waals surface area contributed by atoms with Crippen molar-refractivity contribution < 1.29 is 4.79 Å². The number of carbonyl (C=O) groups is 1. The van der Waals surface area contributed by atoms with E-state index in [-0.39, 0.29) is 5.91 Å². The van der Waals surface area contributed by atoms with Gasteiger partial charge in [0, 0.05) is 27.8 Å². The van der Waals surface area contributed by atoms with Crippen molar-refractivity contribution in [2.45, 2.75) is 47.9 Å². The topological polar surface area (TPSA) is 46.3 Å². The predicted octanol–water partition coefficient (Wildman–Crippen LogP) is 2.50. The van der Waals surface area contributed by atoms with Crippen molar-refractivity contribution in [3.63, 3.8) is 0 Å². The smallest absolute Gasteiger partial charge is 0.248 e. The van der Waals surface area contributed by atoms with Crippen LogP contribution in [0, 0.1) is 0 Å². The molecule has 0 saturated carbocycles. The van der Waals surface area contributed by atoms with Crippen molar-refractivity contribution in [3.8, 4) is 0 Å². The molecule has 3 nitrogen and oxygen atoms in total. The van der Waals surface area contributed by atoms with Crippen LogP contribution in [-0.4, -0.2) is 35.2 Å². The number of hydrogen-bond donors (Lipinski definition) is 1. The zero-order valence-corrected chi connectivity index (χ0v) is 12.0. The molecule has 0 radical (unpaired) electrons. The first-order valence-corrected chi connectivity index (χ1v) is 7.80. The van der Waals surface area contributed by atoms with Gasteiger partial charge in [0.1, 0.15) is 0 Å². The van der Waals surface area contributed by atoms with E-state index in [1.165, 1.54) is 30.6 Å². The molecule has 2 N–H and O–H groups in total. The number of primary amides is 1. The minimum atomic E-state index is -0.342. The largest absolute Gasteiger partial charge is 0.366 e. The number of nitrogens with zero attached hydrogens (tertiary/aromatic N) is 1. The van der Waals surface area contributed by atoms with E-state index < -0.39 is 0 Å². The van der Waals surface area contributed by atoms with E-state index >= 15 is 0 Å². The zero-order chi connectivity index (χ0) is 13.4. The summed E-state index contributed by atoms with van der Waals surface area (Å²) in [6, 6.07) is 9.23. The second-order valence-electron chi connectivity index (χ2n) is 5.65. The van der Waals surface area contributed by atoms with Gasteiger partial charge in [0.25, 0.3) is 0 Å². The molecule has 2 saturated heterocycles. The lowest BCUT2D eigenvalue weighted by Gasteiger charge is -2.36. The highest BCUT2D eigenvalue weighted by Gasteiger charge is 2.38. The van der Waals surface area contributed by atoms with Crippen molar-refractivity contribution in [1.82, 2.24) is 4.90 Å². The first kappa shape index (κ1) is 13.0. The van der Waals surface area contributed by atoms with Crippen LogP contribution in [-0.2, 0) is 0 Å². The van der Waals surface area contributed by atoms with Crippen LogP contribution in [0.15, 0.2) is 29.2 Å². The minimum absolute atomic E-state index is 0.342. The van der Waals surface area contributed by atoms with Gasteiger partial charge in [-0.2, -0.15) is 0 Å². The molecule has 1 aromatic carbocycles. The Labute approximate surface area is 118 Å². The Morgan fingerprint density at radius 2 is 2.00 bits per heavy atom. The Balaban J connectivity index is 1.69. The molecule has 3 rings (SSSR count). The van der Waals surface area contributed by atoms with Crippen LogP contribution in [0.3, 0.4) is 0 Å². The molecule has 0 aromatic heterocycles. The summed E-state index contributed by atoms with van der Waals surface area (Å²) >= 11 is 1.91. The first-order chi connectivity index (χ1) is 9.13. The van der Waals surface area contributed by atoms with Gasteiger partial charge in [0.15, 0.2) is 0 Å². The number of thioether (sulfide) groups is 1. The summed E-state index contributed by atoms with van der Waals surface area (Å²) in [4.78, 5) is 14.9. The SMILES string of the molecule is CN1[C@@H]2CC[C@H]1C[C@H](Sc1cccc(C(N)=O)c1)C2. The fraction of sp³-hybridized carbons (Fsp3) is 0.533. The van der Waals surface area contributed by atoms with Gasteiger partial charge >= 0.3 is 0 Å². The normalized spacial score (nSPS) is 30.5. The molecule has 2 aliphatic rings. The molecule has 3 atom stereocenters. The highest BCUT2D eigenvalue weighted by atomic mass is 32.2. The van der Waals surface area contributed by atoms with Crippen LogP contribution in [0.25, 0.3) is 0 Å². The Morgan fingerprint density at radius 1 is 1.32 bits per heavy atom. The second kappa shape index (κ2) is 5.17. The summed E-state index contributed by atoms with van der Waals surface area (Å²) in [5.41, 5.74) is 5.95. The maximum Gasteiger partial charge on any atom is 0.248 e. The standard InChI is InChI=1S/C15H20N2OS/c1-17-11-5-6-12(17)9-14(8-11)19-13-4-2-3-10(7-13)15(16)18/h2-4,7,11-12,14H,5-6,8-9H2,1H3,(H2,16,18)/t11-,12+,14-. The molecule has 0 spiro atoms. The Kier molecular flexibility index (Phi) is 3.54. The number of rotatable bonds is 3. The summed E-state index contributed by atoms with van der Waals surface area (Å²) < 4.78 is 0. The van der Waals surface area contributed by atoms with Crippen LogP contribution in [0.1, 0.15) is 36.0 Å². The summed E-state index contributed by atoms with van der Waals surface area (Å²) in [5, 5.41) is 0.678. The van der Waals surface area contributed by atoms with Crippen molar-refractivity contribution in [3.05, 3.63) is 29.8 Å². The number of nitrogens with two attached hydrogens (primary N) is 1. The van der Waals surface area contributed by atoms with Gasteiger partial charge < -0.3 is 10.6 Å². The van der Waals surface area contributed by atoms with Crippen molar-refractivity contribution in [2.75, 3.05) is 7.05 Å². The van der Waals surface area contributed by atoms with Crippen molar-refractivity contribution >= 4 is 17.7 Å². The molecule has 2 bridgehead atoms. The average Bonchev–Trinajstić information content (AvgIpc) is 2.63. The Bertz CT molecular complexity index is 477. The number of carbonyl (C=O) groups excluding carboxylic acids is 1. The van der Waals surface area contributed by atoms with Gasteiger partial charge in [0.05, 0.1) is 0 Å². The molecule has 1 amide bonds. The monoisotopic (exact) mass is 276 g/mol. The Hall–Kier alpha value is -1.00. The molecule has 0 unspecified atom stereocenters. The molecule has 1 aromatic rings. The quantitative estimate of drug-likeness (QED) is 0.922. The van der Waals surface area contributed by atoms with E-state index in [1.54, 1.807) is 6.07 Å². The fourth-order valence-electron chi connectivity index (χ4n) is 3.37. The highest BCUT2D eigenvalue weighted by Crippen LogP contribution is 2.41. The molecular formula is C15H20N2OS. The lowest BCUT2D eigenvalue weighted by Crippen LogP contribution is -2.40. The van der Waals surface area contributed by atoms with E-state index in [0.29, 0.717) is 10.8 Å². The first-order valence-electron chi connectivity index (χ1n) is 6.92. The number of piperidine rings is 1. The molecule has 2 heterocycles. The van der Waals surface area contributed by atoms with Gasteiger partial charge in [0.2, 0.25) is 5.91 Å². The third-order valence-electron chi connectivity index (χ3n) is 4.48. The number of amides is 1. The zero-order valence-electron chi connectivity index (χ0n) is 11.2. The predicted molar refractivity (Wildman–Crippen MR) is 78.4 cm³/mol. The van der Waals surface area contributed by atoms with E-state index in [9.17, 15) is 4.79 Å². The molecule has 0 aliphatic carbocycles. The van der Waals surface area contributed by atoms with Gasteiger partial charge in [-0.15, -0.1) is 11.8 Å². The maximum atomic E-state index is 11.2. The van der Waals surface area contributed by atoms with Crippen LogP contribution in [0.4, 0.5) is 0 Å². The third kappa shape index (κ3) is 2.65. The van der Waals surface area contributed by atoms with Crippen LogP contribution < -0.4 is 5.73 Å². The fourth-order valence-corrected chi connectivity index (χ4v) is 4.75. The Morgan fingerprint density at radius 3 is 2.63 bits per heavy atom. The van der Waals surface area contributed by atoms with Crippen LogP contribution in [0.5, 0.6) is 0 Å².